The van der Waals surface area contributed by atoms with Gasteiger partial charge in [-0.15, -0.1) is 0 Å². The third-order valence-electron chi connectivity index (χ3n) is 6.22. The molecule has 10 heteroatoms. The first-order valence-corrected chi connectivity index (χ1v) is 13.2. The van der Waals surface area contributed by atoms with E-state index in [2.05, 4.69) is 16.9 Å². The lowest BCUT2D eigenvalue weighted by Gasteiger charge is -2.23. The Morgan fingerprint density at radius 3 is 2.45 bits per heavy atom. The van der Waals surface area contributed by atoms with Gasteiger partial charge in [-0.3, -0.25) is 19.5 Å². The number of unbranched alkanes of at least 4 members (excludes halogenated alkanes) is 3. The number of thiazole rings is 1. The summed E-state index contributed by atoms with van der Waals surface area (Å²) >= 11 is 0.952. The number of rotatable bonds is 10. The highest BCUT2D eigenvalue weighted by atomic mass is 32.1. The number of aromatic nitrogens is 2. The fourth-order valence-corrected chi connectivity index (χ4v) is 5.25. The molecule has 1 aliphatic heterocycles. The summed E-state index contributed by atoms with van der Waals surface area (Å²) in [6, 6.07) is 9.19. The zero-order valence-electron chi connectivity index (χ0n) is 21.5. The molecule has 1 atom stereocenters. The number of carbonyl (C=O) groups excluding carboxylic acids is 3. The Bertz CT molecular complexity index is 1350. The van der Waals surface area contributed by atoms with Gasteiger partial charge in [0, 0.05) is 18.0 Å². The minimum absolute atomic E-state index is 0.0816. The highest BCUT2D eigenvalue weighted by Gasteiger charge is 2.48. The maximum absolute atomic E-state index is 13.3. The molecule has 4 rings (SSSR count). The van der Waals surface area contributed by atoms with E-state index >= 15 is 0 Å². The fraction of sp³-hybridized carbons (Fsp3) is 0.321. The summed E-state index contributed by atoms with van der Waals surface area (Å²) in [5.41, 5.74) is 1.21. The lowest BCUT2D eigenvalue weighted by atomic mass is 9.95. The van der Waals surface area contributed by atoms with Crippen LogP contribution in [0.2, 0.25) is 0 Å². The largest absolute Gasteiger partial charge is 0.507 e. The highest BCUT2D eigenvalue weighted by Crippen LogP contribution is 2.44. The molecule has 1 aliphatic rings. The lowest BCUT2D eigenvalue weighted by Crippen LogP contribution is -2.29. The lowest BCUT2D eigenvalue weighted by molar-refractivity contribution is -0.132. The Kier molecular flexibility index (Phi) is 8.52. The predicted octanol–water partition coefficient (Wildman–Crippen LogP) is 5.22. The molecule has 1 amide bonds. The number of Topliss-reactive ketones (excluding diaryl/α,β-unsaturated/α-hetero) is 1. The molecule has 0 bridgehead atoms. The first-order valence-electron chi connectivity index (χ1n) is 12.4. The van der Waals surface area contributed by atoms with E-state index < -0.39 is 23.7 Å². The van der Waals surface area contributed by atoms with Gasteiger partial charge in [-0.05, 0) is 43.2 Å². The highest BCUT2D eigenvalue weighted by molar-refractivity contribution is 7.17. The van der Waals surface area contributed by atoms with Crippen molar-refractivity contribution >= 4 is 39.9 Å². The maximum Gasteiger partial charge on any atom is 0.350 e. The van der Waals surface area contributed by atoms with E-state index in [1.54, 1.807) is 43.3 Å². The molecule has 1 N–H and O–H groups in total. The Morgan fingerprint density at radius 2 is 1.79 bits per heavy atom. The SMILES string of the molecule is CCCCCCOc1ccc(C2C(=C(O)c3ccncc3)C(=O)C(=O)N2c2nc(C)c(C(=O)OC)s2)cc1. The molecule has 0 aliphatic carbocycles. The van der Waals surface area contributed by atoms with Crippen LogP contribution < -0.4 is 9.64 Å². The number of hydrogen-bond donors (Lipinski definition) is 1. The van der Waals surface area contributed by atoms with Gasteiger partial charge in [0.1, 0.15) is 16.4 Å². The molecule has 1 fully saturated rings. The number of benzene rings is 1. The van der Waals surface area contributed by atoms with Crippen LogP contribution in [0, 0.1) is 6.92 Å². The number of anilines is 1. The number of pyridine rings is 1. The molecule has 0 radical (unpaired) electrons. The summed E-state index contributed by atoms with van der Waals surface area (Å²) in [4.78, 5) is 48.6. The molecule has 1 aromatic carbocycles. The van der Waals surface area contributed by atoms with Crippen LogP contribution in [0.15, 0.2) is 54.4 Å². The van der Waals surface area contributed by atoms with Crippen LogP contribution in [0.5, 0.6) is 5.75 Å². The number of aliphatic hydroxyl groups is 1. The summed E-state index contributed by atoms with van der Waals surface area (Å²) in [5, 5.41) is 11.3. The first-order chi connectivity index (χ1) is 18.4. The van der Waals surface area contributed by atoms with Crippen molar-refractivity contribution in [2.24, 2.45) is 0 Å². The van der Waals surface area contributed by atoms with Gasteiger partial charge in [0.15, 0.2) is 5.13 Å². The number of ketones is 1. The molecule has 38 heavy (non-hydrogen) atoms. The third-order valence-corrected chi connectivity index (χ3v) is 7.36. The Balaban J connectivity index is 1.75. The average molecular weight is 536 g/mol. The number of aryl methyl sites for hydroxylation is 1. The van der Waals surface area contributed by atoms with Crippen LogP contribution in [0.25, 0.3) is 5.76 Å². The number of hydrogen-bond acceptors (Lipinski definition) is 9. The van der Waals surface area contributed by atoms with Gasteiger partial charge in [0.2, 0.25) is 0 Å². The second kappa shape index (κ2) is 12.0. The number of ether oxygens (including phenoxy) is 2. The van der Waals surface area contributed by atoms with E-state index in [0.29, 0.717) is 29.2 Å². The number of nitrogens with zero attached hydrogens (tertiary/aromatic N) is 3. The van der Waals surface area contributed by atoms with E-state index in [-0.39, 0.29) is 21.3 Å². The molecule has 3 heterocycles. The minimum atomic E-state index is -0.974. The van der Waals surface area contributed by atoms with Crippen LogP contribution in [0.1, 0.15) is 65.1 Å². The van der Waals surface area contributed by atoms with E-state index in [9.17, 15) is 19.5 Å². The van der Waals surface area contributed by atoms with Gasteiger partial charge in [0.05, 0.1) is 31.0 Å². The van der Waals surface area contributed by atoms with Gasteiger partial charge in [-0.2, -0.15) is 0 Å². The molecular weight excluding hydrogens is 506 g/mol. The summed E-state index contributed by atoms with van der Waals surface area (Å²) in [5.74, 6) is -1.96. The van der Waals surface area contributed by atoms with E-state index in [0.717, 1.165) is 37.0 Å². The van der Waals surface area contributed by atoms with Crippen molar-refractivity contribution in [3.05, 3.63) is 76.1 Å². The summed E-state index contributed by atoms with van der Waals surface area (Å²) < 4.78 is 10.7. The fourth-order valence-electron chi connectivity index (χ4n) is 4.24. The van der Waals surface area contributed by atoms with Crippen LogP contribution in [-0.2, 0) is 14.3 Å². The number of carbonyl (C=O) groups is 3. The Labute approximate surface area is 224 Å². The van der Waals surface area contributed by atoms with Crippen molar-refractivity contribution in [2.75, 3.05) is 18.6 Å². The van der Waals surface area contributed by atoms with Crippen LogP contribution in [-0.4, -0.2) is 46.5 Å². The maximum atomic E-state index is 13.3. The number of esters is 1. The smallest absolute Gasteiger partial charge is 0.350 e. The van der Waals surface area contributed by atoms with E-state index in [1.807, 2.05) is 0 Å². The molecule has 9 nitrogen and oxygen atoms in total. The summed E-state index contributed by atoms with van der Waals surface area (Å²) in [6.07, 6.45) is 7.32. The average Bonchev–Trinajstić information content (AvgIpc) is 3.45. The summed E-state index contributed by atoms with van der Waals surface area (Å²) in [7, 11) is 1.26. The monoisotopic (exact) mass is 535 g/mol. The van der Waals surface area contributed by atoms with Crippen molar-refractivity contribution in [1.82, 2.24) is 9.97 Å². The number of amides is 1. The van der Waals surface area contributed by atoms with Crippen molar-refractivity contribution < 1.29 is 29.0 Å². The predicted molar refractivity (Wildman–Crippen MR) is 143 cm³/mol. The van der Waals surface area contributed by atoms with Gasteiger partial charge in [0.25, 0.3) is 5.78 Å². The molecule has 1 saturated heterocycles. The van der Waals surface area contributed by atoms with Gasteiger partial charge >= 0.3 is 11.9 Å². The minimum Gasteiger partial charge on any atom is -0.507 e. The van der Waals surface area contributed by atoms with Crippen molar-refractivity contribution in [1.29, 1.82) is 0 Å². The Hall–Kier alpha value is -4.05. The van der Waals surface area contributed by atoms with Crippen LogP contribution >= 0.6 is 11.3 Å². The van der Waals surface area contributed by atoms with Crippen molar-refractivity contribution in [3.63, 3.8) is 0 Å². The number of methoxy groups -OCH3 is 1. The molecule has 198 valence electrons. The standard InChI is InChI=1S/C28H29N3O6S/c1-4-5-6-7-16-37-20-10-8-18(9-11-20)22-21(23(32)19-12-14-29-15-13-19)24(33)26(34)31(22)28-30-17(2)25(38-28)27(35)36-3/h8-15,22,32H,4-7,16H2,1-3H3. The third kappa shape index (κ3) is 5.45. The molecule has 3 aromatic rings. The topological polar surface area (TPSA) is 119 Å². The van der Waals surface area contributed by atoms with Gasteiger partial charge < -0.3 is 14.6 Å². The van der Waals surface area contributed by atoms with E-state index in [4.69, 9.17) is 9.47 Å². The van der Waals surface area contributed by atoms with Gasteiger partial charge in [-0.25, -0.2) is 9.78 Å². The normalized spacial score (nSPS) is 16.6. The molecular formula is C28H29N3O6S. The second-order valence-corrected chi connectivity index (χ2v) is 9.76. The number of aliphatic hydroxyl groups excluding tert-OH is 1. The zero-order chi connectivity index (χ0) is 27.2. The molecule has 0 saturated carbocycles. The Morgan fingerprint density at radius 1 is 1.08 bits per heavy atom. The van der Waals surface area contributed by atoms with E-state index in [1.165, 1.54) is 24.4 Å². The molecule has 2 aromatic heterocycles. The zero-order valence-corrected chi connectivity index (χ0v) is 22.3. The molecule has 0 spiro atoms. The first kappa shape index (κ1) is 27.0. The van der Waals surface area contributed by atoms with Gasteiger partial charge in [-0.1, -0.05) is 49.7 Å². The quantitative estimate of drug-likeness (QED) is 0.123. The van der Waals surface area contributed by atoms with Crippen LogP contribution in [0.4, 0.5) is 5.13 Å². The van der Waals surface area contributed by atoms with Crippen molar-refractivity contribution in [3.8, 4) is 5.75 Å². The molecule has 1 unspecified atom stereocenters. The second-order valence-electron chi connectivity index (χ2n) is 8.79. The van der Waals surface area contributed by atoms with Crippen molar-refractivity contribution in [2.45, 2.75) is 45.6 Å². The summed E-state index contributed by atoms with van der Waals surface area (Å²) in [6.45, 7) is 4.37. The van der Waals surface area contributed by atoms with Crippen LogP contribution in [0.3, 0.4) is 0 Å².